The van der Waals surface area contributed by atoms with E-state index >= 15 is 0 Å². The van der Waals surface area contributed by atoms with Crippen molar-refractivity contribution >= 4 is 0 Å². The third-order valence-electron chi connectivity index (χ3n) is 2.37. The molecule has 1 unspecified atom stereocenters. The molecule has 0 spiro atoms. The molecule has 0 saturated carbocycles. The molecular weight excluding hydrogens is 184 g/mol. The van der Waals surface area contributed by atoms with Gasteiger partial charge in [-0.1, -0.05) is 45.6 Å². The summed E-state index contributed by atoms with van der Waals surface area (Å²) in [5, 5.41) is 0. The first-order chi connectivity index (χ1) is 6.93. The first-order valence-electron chi connectivity index (χ1n) is 5.33. The van der Waals surface area contributed by atoms with Gasteiger partial charge in [-0.3, -0.25) is 0 Å². The number of ether oxygens (including phenoxy) is 1. The third kappa shape index (κ3) is 3.43. The van der Waals surface area contributed by atoms with Crippen molar-refractivity contribution in [3.63, 3.8) is 0 Å². The predicted molar refractivity (Wildman–Crippen MR) is 65.4 cm³/mol. The van der Waals surface area contributed by atoms with E-state index in [1.54, 1.807) is 6.08 Å². The van der Waals surface area contributed by atoms with Gasteiger partial charge in [0.25, 0.3) is 0 Å². The fourth-order valence-electron chi connectivity index (χ4n) is 1.30. The van der Waals surface area contributed by atoms with Gasteiger partial charge in [-0.25, -0.2) is 0 Å². The maximum absolute atomic E-state index is 5.61. The molecule has 0 fully saturated rings. The monoisotopic (exact) mass is 204 g/mol. The van der Waals surface area contributed by atoms with Gasteiger partial charge in [-0.15, -0.1) is 0 Å². The summed E-state index contributed by atoms with van der Waals surface area (Å²) in [6.07, 6.45) is 1.85. The summed E-state index contributed by atoms with van der Waals surface area (Å²) in [4.78, 5) is 0. The summed E-state index contributed by atoms with van der Waals surface area (Å²) in [6.45, 7) is 12.3. The minimum Gasteiger partial charge on any atom is -0.487 e. The summed E-state index contributed by atoms with van der Waals surface area (Å²) in [5.41, 5.74) is 1.52. The van der Waals surface area contributed by atoms with Crippen LogP contribution in [0.5, 0.6) is 5.75 Å². The first-order valence-corrected chi connectivity index (χ1v) is 5.33. The van der Waals surface area contributed by atoms with Gasteiger partial charge in [0, 0.05) is 0 Å². The molecule has 0 radical (unpaired) electrons. The Hall–Kier alpha value is -1.24. The smallest absolute Gasteiger partial charge is 0.120 e. The van der Waals surface area contributed by atoms with Gasteiger partial charge in [-0.05, 0) is 30.0 Å². The molecule has 0 amide bonds. The number of rotatable bonds is 3. The molecule has 0 aliphatic rings. The molecule has 0 aliphatic heterocycles. The summed E-state index contributed by atoms with van der Waals surface area (Å²) in [7, 11) is 0. The standard InChI is InChI=1S/C14H20O/c1-6-11(2)15-13-9-7-12(8-10-13)14(3,4)5/h6-11H,1H2,2-5H3. The topological polar surface area (TPSA) is 9.23 Å². The van der Waals surface area contributed by atoms with E-state index in [2.05, 4.69) is 39.5 Å². The Balaban J connectivity index is 2.77. The zero-order valence-corrected chi connectivity index (χ0v) is 10.1. The Morgan fingerprint density at radius 3 is 2.13 bits per heavy atom. The molecule has 15 heavy (non-hydrogen) atoms. The number of hydrogen-bond donors (Lipinski definition) is 0. The fraction of sp³-hybridized carbons (Fsp3) is 0.429. The largest absolute Gasteiger partial charge is 0.487 e. The van der Waals surface area contributed by atoms with Crippen LogP contribution in [-0.4, -0.2) is 6.10 Å². The highest BCUT2D eigenvalue weighted by Crippen LogP contribution is 2.24. The number of hydrogen-bond acceptors (Lipinski definition) is 1. The Bertz CT molecular complexity index is 316. The highest BCUT2D eigenvalue weighted by molar-refractivity contribution is 5.31. The van der Waals surface area contributed by atoms with E-state index in [4.69, 9.17) is 4.74 Å². The van der Waals surface area contributed by atoms with Gasteiger partial charge in [0.1, 0.15) is 11.9 Å². The minimum absolute atomic E-state index is 0.0606. The van der Waals surface area contributed by atoms with Gasteiger partial charge in [0.2, 0.25) is 0 Å². The van der Waals surface area contributed by atoms with Crippen molar-refractivity contribution in [2.24, 2.45) is 0 Å². The summed E-state index contributed by atoms with van der Waals surface area (Å²) >= 11 is 0. The number of benzene rings is 1. The molecule has 0 bridgehead atoms. The molecule has 0 aliphatic carbocycles. The highest BCUT2D eigenvalue weighted by atomic mass is 16.5. The summed E-state index contributed by atoms with van der Waals surface area (Å²) < 4.78 is 5.61. The second-order valence-corrected chi connectivity index (χ2v) is 4.83. The van der Waals surface area contributed by atoms with E-state index in [9.17, 15) is 0 Å². The Kier molecular flexibility index (Phi) is 3.57. The lowest BCUT2D eigenvalue weighted by molar-refractivity contribution is 0.270. The van der Waals surface area contributed by atoms with E-state index in [-0.39, 0.29) is 11.5 Å². The molecule has 0 heterocycles. The van der Waals surface area contributed by atoms with E-state index in [0.717, 1.165) is 5.75 Å². The molecular formula is C14H20O. The van der Waals surface area contributed by atoms with Crippen LogP contribution in [0.15, 0.2) is 36.9 Å². The lowest BCUT2D eigenvalue weighted by Crippen LogP contribution is -2.11. The lowest BCUT2D eigenvalue weighted by atomic mass is 9.87. The molecule has 0 N–H and O–H groups in total. The van der Waals surface area contributed by atoms with Crippen LogP contribution in [0.25, 0.3) is 0 Å². The molecule has 0 aromatic heterocycles. The Morgan fingerprint density at radius 2 is 1.73 bits per heavy atom. The van der Waals surface area contributed by atoms with Crippen LogP contribution in [0.4, 0.5) is 0 Å². The van der Waals surface area contributed by atoms with Gasteiger partial charge >= 0.3 is 0 Å². The van der Waals surface area contributed by atoms with Crippen LogP contribution >= 0.6 is 0 Å². The molecule has 1 aromatic rings. The van der Waals surface area contributed by atoms with Crippen molar-refractivity contribution in [1.82, 2.24) is 0 Å². The molecule has 1 nitrogen and oxygen atoms in total. The molecule has 82 valence electrons. The van der Waals surface area contributed by atoms with Crippen LogP contribution in [-0.2, 0) is 5.41 Å². The molecule has 1 atom stereocenters. The van der Waals surface area contributed by atoms with E-state index in [1.807, 2.05) is 19.1 Å². The van der Waals surface area contributed by atoms with E-state index < -0.39 is 0 Å². The summed E-state index contributed by atoms with van der Waals surface area (Å²) in [5.74, 6) is 0.899. The van der Waals surface area contributed by atoms with Crippen LogP contribution in [0.1, 0.15) is 33.3 Å². The molecule has 1 aromatic carbocycles. The maximum Gasteiger partial charge on any atom is 0.120 e. The lowest BCUT2D eigenvalue weighted by Gasteiger charge is -2.19. The van der Waals surface area contributed by atoms with Crippen molar-refractivity contribution in [3.05, 3.63) is 42.5 Å². The fourth-order valence-corrected chi connectivity index (χ4v) is 1.30. The average molecular weight is 204 g/mol. The van der Waals surface area contributed by atoms with Gasteiger partial charge in [0.15, 0.2) is 0 Å². The van der Waals surface area contributed by atoms with E-state index in [1.165, 1.54) is 5.56 Å². The van der Waals surface area contributed by atoms with Crippen LogP contribution in [0.3, 0.4) is 0 Å². The van der Waals surface area contributed by atoms with Crippen molar-refractivity contribution in [1.29, 1.82) is 0 Å². The normalized spacial score (nSPS) is 13.3. The summed E-state index contributed by atoms with van der Waals surface area (Å²) in [6, 6.07) is 8.26. The van der Waals surface area contributed by atoms with Gasteiger partial charge in [-0.2, -0.15) is 0 Å². The van der Waals surface area contributed by atoms with Crippen LogP contribution < -0.4 is 4.74 Å². The Morgan fingerprint density at radius 1 is 1.20 bits per heavy atom. The van der Waals surface area contributed by atoms with Gasteiger partial charge in [0.05, 0.1) is 0 Å². The highest BCUT2D eigenvalue weighted by Gasteiger charge is 2.13. The molecule has 1 rings (SSSR count). The zero-order valence-electron chi connectivity index (χ0n) is 10.1. The molecule has 1 heteroatoms. The first kappa shape index (κ1) is 11.8. The van der Waals surface area contributed by atoms with E-state index in [0.29, 0.717) is 0 Å². The minimum atomic E-state index is 0.0606. The van der Waals surface area contributed by atoms with Crippen molar-refractivity contribution < 1.29 is 4.74 Å². The maximum atomic E-state index is 5.61. The van der Waals surface area contributed by atoms with Crippen LogP contribution in [0.2, 0.25) is 0 Å². The van der Waals surface area contributed by atoms with Crippen molar-refractivity contribution in [2.75, 3.05) is 0 Å². The average Bonchev–Trinajstić information content (AvgIpc) is 2.17. The molecule has 0 saturated heterocycles. The zero-order chi connectivity index (χ0) is 11.5. The predicted octanol–water partition coefficient (Wildman–Crippen LogP) is 3.94. The van der Waals surface area contributed by atoms with Crippen molar-refractivity contribution in [2.45, 2.75) is 39.2 Å². The SMILES string of the molecule is C=CC(C)Oc1ccc(C(C)(C)C)cc1. The van der Waals surface area contributed by atoms with Gasteiger partial charge < -0.3 is 4.74 Å². The second kappa shape index (κ2) is 4.52. The Labute approximate surface area is 92.8 Å². The van der Waals surface area contributed by atoms with Crippen LogP contribution in [0, 0.1) is 0 Å². The third-order valence-corrected chi connectivity index (χ3v) is 2.37. The second-order valence-electron chi connectivity index (χ2n) is 4.83. The quantitative estimate of drug-likeness (QED) is 0.678. The van der Waals surface area contributed by atoms with Crippen molar-refractivity contribution in [3.8, 4) is 5.75 Å².